The van der Waals surface area contributed by atoms with E-state index in [1.807, 2.05) is 24.3 Å². The van der Waals surface area contributed by atoms with Crippen LogP contribution in [0.2, 0.25) is 0 Å². The maximum Gasteiger partial charge on any atom is 0.407 e. The predicted octanol–water partition coefficient (Wildman–Crippen LogP) is 3.87. The summed E-state index contributed by atoms with van der Waals surface area (Å²) in [4.78, 5) is 23.5. The normalized spacial score (nSPS) is 12.3. The molecule has 2 aromatic rings. The highest BCUT2D eigenvalue weighted by molar-refractivity contribution is 5.80. The van der Waals surface area contributed by atoms with Gasteiger partial charge in [0.2, 0.25) is 0 Å². The number of unbranched alkanes of at least 4 members (excludes halogenated alkanes) is 2. The number of likely N-dealkylation sites (N-methyl/N-ethyl adjacent to an activating group) is 1. The standard InChI is InChI=1S/C23H28N2O3/c1-24-15-17(26)9-3-2-8-14-25-23(27)28-16-22-20-12-6-4-10-18(20)19-11-5-7-13-21(19)22/h4-7,10-13,22,24H,2-3,8-9,14-16H2,1H3,(H,25,27). The summed E-state index contributed by atoms with van der Waals surface area (Å²) in [5.74, 6) is 0.309. The molecule has 2 N–H and O–H groups in total. The maximum atomic E-state index is 12.1. The Morgan fingerprint density at radius 3 is 2.21 bits per heavy atom. The third kappa shape index (κ3) is 4.98. The number of rotatable bonds is 10. The summed E-state index contributed by atoms with van der Waals surface area (Å²) in [6.45, 7) is 1.33. The van der Waals surface area contributed by atoms with E-state index in [2.05, 4.69) is 34.9 Å². The lowest BCUT2D eigenvalue weighted by atomic mass is 9.98. The van der Waals surface area contributed by atoms with E-state index in [0.717, 1.165) is 19.3 Å². The summed E-state index contributed by atoms with van der Waals surface area (Å²) >= 11 is 0. The molecule has 0 fully saturated rings. The SMILES string of the molecule is CNCC(=O)CCCCCNC(=O)OCC1c2ccccc2-c2ccccc21. The van der Waals surface area contributed by atoms with Crippen LogP contribution in [0.5, 0.6) is 0 Å². The molecule has 148 valence electrons. The Kier molecular flexibility index (Phi) is 7.20. The number of ketones is 1. The van der Waals surface area contributed by atoms with Gasteiger partial charge in [0.05, 0.1) is 6.54 Å². The van der Waals surface area contributed by atoms with Crippen LogP contribution in [0.25, 0.3) is 11.1 Å². The van der Waals surface area contributed by atoms with Crippen LogP contribution in [-0.2, 0) is 9.53 Å². The van der Waals surface area contributed by atoms with Gasteiger partial charge in [-0.1, -0.05) is 55.0 Å². The molecule has 0 aromatic heterocycles. The Bertz CT molecular complexity index is 773. The molecular formula is C23H28N2O3. The molecule has 0 bridgehead atoms. The molecule has 2 aromatic carbocycles. The molecule has 28 heavy (non-hydrogen) atoms. The second-order valence-corrected chi connectivity index (χ2v) is 7.13. The number of ether oxygens (including phenoxy) is 1. The van der Waals surface area contributed by atoms with Gasteiger partial charge < -0.3 is 15.4 Å². The Balaban J connectivity index is 1.41. The molecule has 5 heteroatoms. The van der Waals surface area contributed by atoms with Crippen molar-refractivity contribution in [3.05, 3.63) is 59.7 Å². The molecule has 0 aliphatic heterocycles. The maximum absolute atomic E-state index is 12.1. The lowest BCUT2D eigenvalue weighted by Crippen LogP contribution is -2.27. The van der Waals surface area contributed by atoms with Crippen molar-refractivity contribution in [3.63, 3.8) is 0 Å². The molecule has 0 atom stereocenters. The van der Waals surface area contributed by atoms with E-state index in [9.17, 15) is 9.59 Å². The first-order valence-corrected chi connectivity index (χ1v) is 9.96. The van der Waals surface area contributed by atoms with Crippen LogP contribution in [0.3, 0.4) is 0 Å². The van der Waals surface area contributed by atoms with Crippen LogP contribution in [0, 0.1) is 0 Å². The molecule has 0 spiro atoms. The first-order chi connectivity index (χ1) is 13.7. The quantitative estimate of drug-likeness (QED) is 0.614. The van der Waals surface area contributed by atoms with E-state index >= 15 is 0 Å². The number of carbonyl (C=O) groups excluding carboxylic acids is 2. The lowest BCUT2D eigenvalue weighted by molar-refractivity contribution is -0.118. The van der Waals surface area contributed by atoms with Crippen LogP contribution in [-0.4, -0.2) is 38.6 Å². The van der Waals surface area contributed by atoms with E-state index in [4.69, 9.17) is 4.74 Å². The average molecular weight is 380 g/mol. The molecular weight excluding hydrogens is 352 g/mol. The zero-order valence-electron chi connectivity index (χ0n) is 16.4. The van der Waals surface area contributed by atoms with E-state index in [1.54, 1.807) is 7.05 Å². The van der Waals surface area contributed by atoms with Crippen LogP contribution >= 0.6 is 0 Å². The van der Waals surface area contributed by atoms with Crippen molar-refractivity contribution in [2.24, 2.45) is 0 Å². The number of Topliss-reactive ketones (excluding diaryl/α,β-unsaturated/α-hetero) is 1. The second kappa shape index (κ2) is 10.0. The Hall–Kier alpha value is -2.66. The third-order valence-electron chi connectivity index (χ3n) is 5.12. The molecule has 0 saturated heterocycles. The van der Waals surface area contributed by atoms with Gasteiger partial charge in [0.25, 0.3) is 0 Å². The van der Waals surface area contributed by atoms with Crippen LogP contribution in [0.15, 0.2) is 48.5 Å². The number of hydrogen-bond donors (Lipinski definition) is 2. The van der Waals surface area contributed by atoms with Gasteiger partial charge in [0, 0.05) is 18.9 Å². The highest BCUT2D eigenvalue weighted by Gasteiger charge is 2.28. The monoisotopic (exact) mass is 380 g/mol. The highest BCUT2D eigenvalue weighted by atomic mass is 16.5. The van der Waals surface area contributed by atoms with Gasteiger partial charge in [-0.2, -0.15) is 0 Å². The fourth-order valence-electron chi connectivity index (χ4n) is 3.75. The number of alkyl carbamates (subject to hydrolysis) is 1. The van der Waals surface area contributed by atoms with Crippen LogP contribution in [0.1, 0.15) is 42.7 Å². The summed E-state index contributed by atoms with van der Waals surface area (Å²) in [7, 11) is 1.77. The van der Waals surface area contributed by atoms with Gasteiger partial charge in [-0.25, -0.2) is 4.79 Å². The summed E-state index contributed by atoms with van der Waals surface area (Å²) in [5.41, 5.74) is 4.87. The van der Waals surface area contributed by atoms with Gasteiger partial charge in [-0.05, 0) is 42.1 Å². The molecule has 3 rings (SSSR count). The van der Waals surface area contributed by atoms with Crippen molar-refractivity contribution in [1.82, 2.24) is 10.6 Å². The van der Waals surface area contributed by atoms with E-state index in [-0.39, 0.29) is 17.8 Å². The molecule has 1 aliphatic carbocycles. The Labute approximate surface area is 166 Å². The van der Waals surface area contributed by atoms with Crippen molar-refractivity contribution in [2.75, 3.05) is 26.7 Å². The number of hydrogen-bond acceptors (Lipinski definition) is 4. The minimum Gasteiger partial charge on any atom is -0.449 e. The fourth-order valence-corrected chi connectivity index (χ4v) is 3.75. The summed E-state index contributed by atoms with van der Waals surface area (Å²) in [6.07, 6.45) is 2.82. The van der Waals surface area contributed by atoms with Crippen LogP contribution in [0.4, 0.5) is 4.79 Å². The third-order valence-corrected chi connectivity index (χ3v) is 5.12. The Morgan fingerprint density at radius 1 is 0.929 bits per heavy atom. The molecule has 0 radical (unpaired) electrons. The fraction of sp³-hybridized carbons (Fsp3) is 0.391. The van der Waals surface area contributed by atoms with Crippen molar-refractivity contribution >= 4 is 11.9 Å². The molecule has 1 amide bonds. The highest BCUT2D eigenvalue weighted by Crippen LogP contribution is 2.44. The largest absolute Gasteiger partial charge is 0.449 e. The topological polar surface area (TPSA) is 67.4 Å². The molecule has 5 nitrogen and oxygen atoms in total. The number of fused-ring (bicyclic) bond motifs is 3. The minimum atomic E-state index is -0.381. The van der Waals surface area contributed by atoms with Gasteiger partial charge in [0.1, 0.15) is 12.4 Å². The first kappa shape index (κ1) is 20.1. The number of nitrogens with one attached hydrogen (secondary N) is 2. The predicted molar refractivity (Wildman–Crippen MR) is 110 cm³/mol. The van der Waals surface area contributed by atoms with E-state index in [0.29, 0.717) is 26.1 Å². The van der Waals surface area contributed by atoms with Gasteiger partial charge in [-0.3, -0.25) is 4.79 Å². The lowest BCUT2D eigenvalue weighted by Gasteiger charge is -2.14. The van der Waals surface area contributed by atoms with Crippen molar-refractivity contribution in [3.8, 4) is 11.1 Å². The molecule has 1 aliphatic rings. The smallest absolute Gasteiger partial charge is 0.407 e. The minimum absolute atomic E-state index is 0.0799. The zero-order chi connectivity index (χ0) is 19.8. The molecule has 0 unspecified atom stereocenters. The summed E-state index contributed by atoms with van der Waals surface area (Å²) in [5, 5.41) is 5.67. The van der Waals surface area contributed by atoms with Crippen molar-refractivity contribution in [2.45, 2.75) is 31.6 Å². The van der Waals surface area contributed by atoms with Gasteiger partial charge in [0.15, 0.2) is 0 Å². The summed E-state index contributed by atoms with van der Waals surface area (Å²) in [6, 6.07) is 16.6. The number of benzene rings is 2. The van der Waals surface area contributed by atoms with Gasteiger partial charge in [-0.15, -0.1) is 0 Å². The summed E-state index contributed by atoms with van der Waals surface area (Å²) < 4.78 is 5.50. The van der Waals surface area contributed by atoms with E-state index < -0.39 is 0 Å². The van der Waals surface area contributed by atoms with Crippen LogP contribution < -0.4 is 10.6 Å². The number of amides is 1. The molecule has 0 heterocycles. The van der Waals surface area contributed by atoms with E-state index in [1.165, 1.54) is 22.3 Å². The second-order valence-electron chi connectivity index (χ2n) is 7.13. The molecule has 0 saturated carbocycles. The van der Waals surface area contributed by atoms with Gasteiger partial charge >= 0.3 is 6.09 Å². The van der Waals surface area contributed by atoms with Crippen molar-refractivity contribution in [1.29, 1.82) is 0 Å². The zero-order valence-corrected chi connectivity index (χ0v) is 16.4. The number of carbonyl (C=O) groups is 2. The van der Waals surface area contributed by atoms with Crippen molar-refractivity contribution < 1.29 is 14.3 Å². The average Bonchev–Trinajstić information content (AvgIpc) is 3.03. The Morgan fingerprint density at radius 2 is 1.57 bits per heavy atom. The first-order valence-electron chi connectivity index (χ1n) is 9.96.